The molecule has 0 saturated carbocycles. The van der Waals surface area contributed by atoms with Crippen LogP contribution < -0.4 is 0 Å². The van der Waals surface area contributed by atoms with Crippen LogP contribution in [0.2, 0.25) is 5.02 Å². The van der Waals surface area contributed by atoms with Gasteiger partial charge in [-0.15, -0.1) is 0 Å². The predicted molar refractivity (Wildman–Crippen MR) is 94.7 cm³/mol. The molecule has 4 nitrogen and oxygen atoms in total. The maximum atomic E-state index is 12.8. The Balaban J connectivity index is 1.43. The topological polar surface area (TPSA) is 49.0 Å². The number of aromatic nitrogens is 2. The van der Waals surface area contributed by atoms with Gasteiger partial charge in [0.25, 0.3) is 0 Å². The molecule has 1 atom stereocenters. The molecule has 1 amide bonds. The molecular formula is C19H20ClN3O. The van der Waals surface area contributed by atoms with Gasteiger partial charge in [-0.2, -0.15) is 5.10 Å². The van der Waals surface area contributed by atoms with Gasteiger partial charge in [-0.1, -0.05) is 29.8 Å². The van der Waals surface area contributed by atoms with E-state index in [4.69, 9.17) is 11.6 Å². The summed E-state index contributed by atoms with van der Waals surface area (Å²) in [5.74, 6) is 0.375. The van der Waals surface area contributed by atoms with Gasteiger partial charge in [-0.05, 0) is 54.5 Å². The van der Waals surface area contributed by atoms with Crippen LogP contribution in [0.5, 0.6) is 0 Å². The van der Waals surface area contributed by atoms with Gasteiger partial charge in [-0.3, -0.25) is 9.89 Å². The number of H-pyrrole nitrogens is 1. The average Bonchev–Trinajstić information content (AvgIpc) is 3.09. The molecule has 24 heavy (non-hydrogen) atoms. The molecule has 0 fully saturated rings. The number of nitrogens with one attached hydrogen (secondary N) is 1. The molecule has 2 aromatic rings. The molecule has 0 radical (unpaired) electrons. The van der Waals surface area contributed by atoms with Gasteiger partial charge in [0.15, 0.2) is 0 Å². The number of fused-ring (bicyclic) bond motifs is 1. The number of hydrogen-bond acceptors (Lipinski definition) is 2. The van der Waals surface area contributed by atoms with Crippen LogP contribution in [0.4, 0.5) is 0 Å². The van der Waals surface area contributed by atoms with Crippen molar-refractivity contribution in [3.8, 4) is 0 Å². The fourth-order valence-electron chi connectivity index (χ4n) is 3.70. The minimum Gasteiger partial charge on any atom is -0.338 e. The molecule has 1 aromatic carbocycles. The van der Waals surface area contributed by atoms with E-state index in [1.165, 1.54) is 16.8 Å². The first-order chi connectivity index (χ1) is 11.7. The lowest BCUT2D eigenvalue weighted by Crippen LogP contribution is -2.40. The van der Waals surface area contributed by atoms with Crippen LogP contribution in [0.15, 0.2) is 36.5 Å². The van der Waals surface area contributed by atoms with E-state index in [0.717, 1.165) is 42.8 Å². The first-order valence-electron chi connectivity index (χ1n) is 8.45. The van der Waals surface area contributed by atoms with E-state index in [2.05, 4.69) is 22.3 Å². The summed E-state index contributed by atoms with van der Waals surface area (Å²) in [7, 11) is 0. The summed E-state index contributed by atoms with van der Waals surface area (Å²) in [5.41, 5.74) is 4.84. The standard InChI is InChI=1S/C19H20ClN3O/c20-17-3-1-2-14(11-17)13-6-8-23(9-7-13)19(24)15-4-5-18-16(10-15)12-21-22-18/h1-3,6,11-12,15H,4-5,7-10H2,(H,21,22). The fraction of sp³-hybridized carbons (Fsp3) is 0.368. The highest BCUT2D eigenvalue weighted by Gasteiger charge is 2.29. The molecule has 0 spiro atoms. The molecule has 1 unspecified atom stereocenters. The minimum absolute atomic E-state index is 0.0937. The molecular weight excluding hydrogens is 322 g/mol. The van der Waals surface area contributed by atoms with Crippen LogP contribution in [0.25, 0.3) is 5.57 Å². The molecule has 2 heterocycles. The first-order valence-corrected chi connectivity index (χ1v) is 8.83. The van der Waals surface area contributed by atoms with Gasteiger partial charge in [0, 0.05) is 29.7 Å². The van der Waals surface area contributed by atoms with Crippen LogP contribution in [-0.2, 0) is 17.6 Å². The van der Waals surface area contributed by atoms with E-state index in [1.54, 1.807) is 0 Å². The van der Waals surface area contributed by atoms with Crippen molar-refractivity contribution in [3.05, 3.63) is 58.4 Å². The largest absolute Gasteiger partial charge is 0.338 e. The van der Waals surface area contributed by atoms with Crippen molar-refractivity contribution in [1.29, 1.82) is 0 Å². The Bertz CT molecular complexity index is 795. The molecule has 1 aliphatic heterocycles. The summed E-state index contributed by atoms with van der Waals surface area (Å²) < 4.78 is 0. The Morgan fingerprint density at radius 2 is 2.25 bits per heavy atom. The molecule has 1 aromatic heterocycles. The van der Waals surface area contributed by atoms with E-state index < -0.39 is 0 Å². The highest BCUT2D eigenvalue weighted by Crippen LogP contribution is 2.28. The Kier molecular flexibility index (Phi) is 4.15. The zero-order chi connectivity index (χ0) is 16.5. The number of carbonyl (C=O) groups excluding carboxylic acids is 1. The number of aryl methyl sites for hydroxylation is 1. The Morgan fingerprint density at radius 1 is 1.33 bits per heavy atom. The lowest BCUT2D eigenvalue weighted by atomic mass is 9.86. The molecule has 5 heteroatoms. The van der Waals surface area contributed by atoms with Crippen molar-refractivity contribution < 1.29 is 4.79 Å². The van der Waals surface area contributed by atoms with Crippen LogP contribution >= 0.6 is 11.6 Å². The summed E-state index contributed by atoms with van der Waals surface area (Å²) >= 11 is 6.08. The average molecular weight is 342 g/mol. The number of halogens is 1. The quantitative estimate of drug-likeness (QED) is 0.909. The minimum atomic E-state index is 0.0937. The van der Waals surface area contributed by atoms with Gasteiger partial charge in [0.1, 0.15) is 0 Å². The van der Waals surface area contributed by atoms with Crippen molar-refractivity contribution in [1.82, 2.24) is 15.1 Å². The fourth-order valence-corrected chi connectivity index (χ4v) is 3.90. The van der Waals surface area contributed by atoms with Crippen molar-refractivity contribution >= 4 is 23.1 Å². The zero-order valence-electron chi connectivity index (χ0n) is 13.5. The third-order valence-corrected chi connectivity index (χ3v) is 5.32. The van der Waals surface area contributed by atoms with Crippen LogP contribution in [-0.4, -0.2) is 34.1 Å². The normalized spacial score (nSPS) is 20.5. The Hall–Kier alpha value is -2.07. The second-order valence-corrected chi connectivity index (χ2v) is 7.02. The van der Waals surface area contributed by atoms with Crippen molar-refractivity contribution in [2.24, 2.45) is 5.92 Å². The SMILES string of the molecule is O=C(C1CCc2[nH]ncc2C1)N1CC=C(c2cccc(Cl)c2)CC1. The summed E-state index contributed by atoms with van der Waals surface area (Å²) in [6.07, 6.45) is 7.56. The molecule has 124 valence electrons. The van der Waals surface area contributed by atoms with Crippen molar-refractivity contribution in [2.75, 3.05) is 13.1 Å². The van der Waals surface area contributed by atoms with E-state index in [9.17, 15) is 4.79 Å². The van der Waals surface area contributed by atoms with Gasteiger partial charge in [-0.25, -0.2) is 0 Å². The molecule has 4 rings (SSSR count). The van der Waals surface area contributed by atoms with Crippen LogP contribution in [0.3, 0.4) is 0 Å². The van der Waals surface area contributed by atoms with E-state index in [0.29, 0.717) is 6.54 Å². The Labute approximate surface area is 146 Å². The van der Waals surface area contributed by atoms with Crippen LogP contribution in [0.1, 0.15) is 29.7 Å². The summed E-state index contributed by atoms with van der Waals surface area (Å²) in [5, 5.41) is 7.88. The summed E-state index contributed by atoms with van der Waals surface area (Å²) in [6, 6.07) is 7.93. The molecule has 1 aliphatic carbocycles. The van der Waals surface area contributed by atoms with Gasteiger partial charge >= 0.3 is 0 Å². The Morgan fingerprint density at radius 3 is 3.04 bits per heavy atom. The first kappa shape index (κ1) is 15.5. The number of carbonyl (C=O) groups is 1. The third kappa shape index (κ3) is 2.98. The molecule has 0 saturated heterocycles. The van der Waals surface area contributed by atoms with Crippen molar-refractivity contribution in [3.63, 3.8) is 0 Å². The monoisotopic (exact) mass is 341 g/mol. The molecule has 2 aliphatic rings. The van der Waals surface area contributed by atoms with Gasteiger partial charge in [0.05, 0.1) is 6.20 Å². The number of amides is 1. The summed E-state index contributed by atoms with van der Waals surface area (Å²) in [4.78, 5) is 14.8. The van der Waals surface area contributed by atoms with Gasteiger partial charge in [0.2, 0.25) is 5.91 Å². The highest BCUT2D eigenvalue weighted by molar-refractivity contribution is 6.30. The lowest BCUT2D eigenvalue weighted by Gasteiger charge is -2.31. The number of rotatable bonds is 2. The molecule has 1 N–H and O–H groups in total. The summed E-state index contributed by atoms with van der Waals surface area (Å²) in [6.45, 7) is 1.47. The number of hydrogen-bond donors (Lipinski definition) is 1. The lowest BCUT2D eigenvalue weighted by molar-refractivity contribution is -0.135. The second kappa shape index (κ2) is 6.44. The maximum absolute atomic E-state index is 12.8. The van der Waals surface area contributed by atoms with E-state index >= 15 is 0 Å². The number of benzene rings is 1. The highest BCUT2D eigenvalue weighted by atomic mass is 35.5. The predicted octanol–water partition coefficient (Wildman–Crippen LogP) is 3.48. The van der Waals surface area contributed by atoms with E-state index in [1.807, 2.05) is 29.3 Å². The number of aromatic amines is 1. The smallest absolute Gasteiger partial charge is 0.226 e. The van der Waals surface area contributed by atoms with E-state index in [-0.39, 0.29) is 11.8 Å². The zero-order valence-corrected chi connectivity index (χ0v) is 14.2. The third-order valence-electron chi connectivity index (χ3n) is 5.08. The van der Waals surface area contributed by atoms with Gasteiger partial charge < -0.3 is 4.90 Å². The maximum Gasteiger partial charge on any atom is 0.226 e. The molecule has 0 bridgehead atoms. The van der Waals surface area contributed by atoms with Crippen molar-refractivity contribution in [2.45, 2.75) is 25.7 Å². The number of nitrogens with zero attached hydrogens (tertiary/aromatic N) is 2. The second-order valence-electron chi connectivity index (χ2n) is 6.59. The van der Waals surface area contributed by atoms with Crippen LogP contribution in [0, 0.1) is 5.92 Å².